The molecule has 0 saturated heterocycles. The van der Waals surface area contributed by atoms with Crippen LogP contribution in [0, 0.1) is 0 Å². The second-order valence-corrected chi connectivity index (χ2v) is 2.42. The summed E-state index contributed by atoms with van der Waals surface area (Å²) in [6.07, 6.45) is 3.20. The minimum Gasteiger partial charge on any atom is -0.244 e. The molecule has 2 aromatic rings. The van der Waals surface area contributed by atoms with Crippen molar-refractivity contribution in [3.05, 3.63) is 29.7 Å². The van der Waals surface area contributed by atoms with Gasteiger partial charge >= 0.3 is 0 Å². The first-order chi connectivity index (χ1) is 5.38. The van der Waals surface area contributed by atoms with Gasteiger partial charge < -0.3 is 0 Å². The van der Waals surface area contributed by atoms with Crippen LogP contribution in [-0.4, -0.2) is 15.2 Å². The molecule has 0 spiro atoms. The van der Waals surface area contributed by atoms with Crippen molar-refractivity contribution >= 4 is 22.5 Å². The Hall–Kier alpha value is -1.22. The number of pyridine rings is 1. The highest BCUT2D eigenvalue weighted by molar-refractivity contribution is 6.33. The van der Waals surface area contributed by atoms with E-state index in [4.69, 9.17) is 11.6 Å². The van der Waals surface area contributed by atoms with E-state index in [1.807, 2.05) is 0 Å². The normalized spacial score (nSPS) is 10.3. The smallest absolute Gasteiger partial charge is 0.138 e. The van der Waals surface area contributed by atoms with Gasteiger partial charge in [0.15, 0.2) is 0 Å². The van der Waals surface area contributed by atoms with E-state index in [1.165, 1.54) is 0 Å². The van der Waals surface area contributed by atoms with Crippen LogP contribution in [0.4, 0.5) is 0 Å². The number of fused-ring (bicyclic) bond motifs is 1. The summed E-state index contributed by atoms with van der Waals surface area (Å²) >= 11 is 5.78. The number of hydrogen-bond donors (Lipinski definition) is 0. The molecule has 0 N–H and O–H groups in total. The van der Waals surface area contributed by atoms with Crippen molar-refractivity contribution in [3.63, 3.8) is 0 Å². The molecule has 0 radical (unpaired) electrons. The standard InChI is InChI=1S/C7H4ClN3/c8-7-5-1-4-10-11-6(5)2-3-9-7/h1-4H. The fourth-order valence-corrected chi connectivity index (χ4v) is 1.10. The summed E-state index contributed by atoms with van der Waals surface area (Å²) < 4.78 is 0. The highest BCUT2D eigenvalue weighted by Crippen LogP contribution is 2.16. The molecule has 0 bridgehead atoms. The molecule has 0 fully saturated rings. The number of nitrogens with zero attached hydrogens (tertiary/aromatic N) is 3. The topological polar surface area (TPSA) is 38.7 Å². The first-order valence-corrected chi connectivity index (χ1v) is 3.47. The molecule has 0 atom stereocenters. The zero-order valence-corrected chi connectivity index (χ0v) is 6.28. The minimum atomic E-state index is 0.470. The molecule has 0 aliphatic carbocycles. The van der Waals surface area contributed by atoms with Gasteiger partial charge in [0.2, 0.25) is 0 Å². The fraction of sp³-hybridized carbons (Fsp3) is 0. The summed E-state index contributed by atoms with van der Waals surface area (Å²) in [5.74, 6) is 0. The molecule has 0 saturated carbocycles. The maximum atomic E-state index is 5.78. The van der Waals surface area contributed by atoms with E-state index < -0.39 is 0 Å². The van der Waals surface area contributed by atoms with Crippen LogP contribution >= 0.6 is 11.6 Å². The van der Waals surface area contributed by atoms with Gasteiger partial charge in [-0.25, -0.2) is 4.98 Å². The molecule has 4 heteroatoms. The zero-order chi connectivity index (χ0) is 7.68. The van der Waals surface area contributed by atoms with Crippen LogP contribution in [0.1, 0.15) is 0 Å². The van der Waals surface area contributed by atoms with Crippen molar-refractivity contribution in [1.82, 2.24) is 15.2 Å². The summed E-state index contributed by atoms with van der Waals surface area (Å²) in [6.45, 7) is 0. The van der Waals surface area contributed by atoms with Crippen molar-refractivity contribution < 1.29 is 0 Å². The lowest BCUT2D eigenvalue weighted by atomic mass is 10.3. The summed E-state index contributed by atoms with van der Waals surface area (Å²) in [7, 11) is 0. The molecular weight excluding hydrogens is 162 g/mol. The first kappa shape index (κ1) is 6.49. The monoisotopic (exact) mass is 165 g/mol. The van der Waals surface area contributed by atoms with Gasteiger partial charge in [0.05, 0.1) is 11.7 Å². The number of rotatable bonds is 0. The molecule has 0 aliphatic rings. The van der Waals surface area contributed by atoms with Crippen molar-refractivity contribution in [1.29, 1.82) is 0 Å². The van der Waals surface area contributed by atoms with Crippen molar-refractivity contribution in [2.24, 2.45) is 0 Å². The molecule has 11 heavy (non-hydrogen) atoms. The van der Waals surface area contributed by atoms with E-state index in [-0.39, 0.29) is 0 Å². The largest absolute Gasteiger partial charge is 0.244 e. The van der Waals surface area contributed by atoms with Gasteiger partial charge in [-0.1, -0.05) is 11.6 Å². The van der Waals surface area contributed by atoms with E-state index in [1.54, 1.807) is 24.5 Å². The van der Waals surface area contributed by atoms with Crippen LogP contribution in [0.25, 0.3) is 10.9 Å². The third-order valence-electron chi connectivity index (χ3n) is 1.39. The quantitative estimate of drug-likeness (QED) is 0.558. The van der Waals surface area contributed by atoms with Crippen LogP contribution in [0.3, 0.4) is 0 Å². The highest BCUT2D eigenvalue weighted by Gasteiger charge is 1.97. The lowest BCUT2D eigenvalue weighted by molar-refractivity contribution is 1.07. The van der Waals surface area contributed by atoms with E-state index in [0.717, 1.165) is 10.9 Å². The third kappa shape index (κ3) is 1.03. The number of aromatic nitrogens is 3. The Morgan fingerprint density at radius 2 is 2.09 bits per heavy atom. The maximum absolute atomic E-state index is 5.78. The number of hydrogen-bond acceptors (Lipinski definition) is 3. The second-order valence-electron chi connectivity index (χ2n) is 2.07. The van der Waals surface area contributed by atoms with Gasteiger partial charge in [-0.05, 0) is 12.1 Å². The molecule has 2 rings (SSSR count). The Labute approximate surface area is 68.0 Å². The molecule has 54 valence electrons. The molecule has 3 nitrogen and oxygen atoms in total. The van der Waals surface area contributed by atoms with E-state index in [2.05, 4.69) is 15.2 Å². The fourth-order valence-electron chi connectivity index (χ4n) is 0.883. The summed E-state index contributed by atoms with van der Waals surface area (Å²) in [6, 6.07) is 3.56. The molecule has 0 amide bonds. The van der Waals surface area contributed by atoms with Crippen LogP contribution in [0.15, 0.2) is 24.5 Å². The molecule has 2 aromatic heterocycles. The predicted octanol–water partition coefficient (Wildman–Crippen LogP) is 1.68. The Bertz CT molecular complexity index is 383. The molecular formula is C7H4ClN3. The Morgan fingerprint density at radius 1 is 1.18 bits per heavy atom. The SMILES string of the molecule is Clc1nccc2nnccc12. The van der Waals surface area contributed by atoms with Crippen LogP contribution in [0.5, 0.6) is 0 Å². The number of halogens is 1. The molecule has 0 aromatic carbocycles. The molecule has 0 aliphatic heterocycles. The van der Waals surface area contributed by atoms with Gasteiger partial charge in [0, 0.05) is 11.6 Å². The van der Waals surface area contributed by atoms with Crippen LogP contribution < -0.4 is 0 Å². The van der Waals surface area contributed by atoms with E-state index >= 15 is 0 Å². The summed E-state index contributed by atoms with van der Waals surface area (Å²) in [5, 5.41) is 8.89. The second kappa shape index (κ2) is 2.43. The minimum absolute atomic E-state index is 0.470. The van der Waals surface area contributed by atoms with Gasteiger partial charge in [-0.2, -0.15) is 10.2 Å². The predicted molar refractivity (Wildman–Crippen MR) is 42.3 cm³/mol. The van der Waals surface area contributed by atoms with Crippen LogP contribution in [0.2, 0.25) is 5.15 Å². The van der Waals surface area contributed by atoms with Crippen molar-refractivity contribution in [3.8, 4) is 0 Å². The lowest BCUT2D eigenvalue weighted by Crippen LogP contribution is -1.83. The van der Waals surface area contributed by atoms with Crippen LogP contribution in [-0.2, 0) is 0 Å². The van der Waals surface area contributed by atoms with E-state index in [0.29, 0.717) is 5.15 Å². The average Bonchev–Trinajstić information content (AvgIpc) is 2.06. The van der Waals surface area contributed by atoms with E-state index in [9.17, 15) is 0 Å². The molecule has 2 heterocycles. The van der Waals surface area contributed by atoms with Crippen molar-refractivity contribution in [2.45, 2.75) is 0 Å². The molecule has 0 unspecified atom stereocenters. The highest BCUT2D eigenvalue weighted by atomic mass is 35.5. The maximum Gasteiger partial charge on any atom is 0.138 e. The summed E-state index contributed by atoms with van der Waals surface area (Å²) in [5.41, 5.74) is 0.771. The zero-order valence-electron chi connectivity index (χ0n) is 5.53. The lowest BCUT2D eigenvalue weighted by Gasteiger charge is -1.94. The average molecular weight is 166 g/mol. The summed E-state index contributed by atoms with van der Waals surface area (Å²) in [4.78, 5) is 3.90. The van der Waals surface area contributed by atoms with Gasteiger partial charge in [0.25, 0.3) is 0 Å². The Morgan fingerprint density at radius 3 is 2.91 bits per heavy atom. The van der Waals surface area contributed by atoms with Gasteiger partial charge in [0.1, 0.15) is 5.15 Å². The van der Waals surface area contributed by atoms with Gasteiger partial charge in [-0.3, -0.25) is 0 Å². The Balaban J connectivity index is 2.91. The van der Waals surface area contributed by atoms with Crippen molar-refractivity contribution in [2.75, 3.05) is 0 Å². The first-order valence-electron chi connectivity index (χ1n) is 3.10. The Kier molecular flexibility index (Phi) is 1.43. The third-order valence-corrected chi connectivity index (χ3v) is 1.69. The van der Waals surface area contributed by atoms with Gasteiger partial charge in [-0.15, -0.1) is 0 Å².